The van der Waals surface area contributed by atoms with Gasteiger partial charge in [0.25, 0.3) is 5.69 Å². The number of nitrogens with zero attached hydrogens (tertiary/aromatic N) is 2. The Labute approximate surface area is 236 Å². The third-order valence-corrected chi connectivity index (χ3v) is 9.16. The van der Waals surface area contributed by atoms with E-state index < -0.39 is 0 Å². The van der Waals surface area contributed by atoms with Crippen molar-refractivity contribution in [2.75, 3.05) is 11.5 Å². The van der Waals surface area contributed by atoms with Crippen LogP contribution in [0.5, 0.6) is 0 Å². The summed E-state index contributed by atoms with van der Waals surface area (Å²) < 4.78 is 0. The van der Waals surface area contributed by atoms with Gasteiger partial charge in [0.2, 0.25) is 0 Å². The average molecular weight is 549 g/mol. The number of benzene rings is 1. The summed E-state index contributed by atoms with van der Waals surface area (Å²) in [7, 11) is 0. The van der Waals surface area contributed by atoms with Crippen molar-refractivity contribution in [1.82, 2.24) is 0 Å². The molecule has 0 saturated carbocycles. The highest BCUT2D eigenvalue weighted by molar-refractivity contribution is 8.00. The van der Waals surface area contributed by atoms with E-state index in [4.69, 9.17) is 0 Å². The molecule has 0 atom stereocenters. The molecule has 0 aliphatic carbocycles. The van der Waals surface area contributed by atoms with Crippen LogP contribution >= 0.6 is 23.5 Å². The minimum absolute atomic E-state index is 0.0805. The van der Waals surface area contributed by atoms with Crippen LogP contribution < -0.4 is 0 Å². The van der Waals surface area contributed by atoms with Crippen molar-refractivity contribution in [2.24, 2.45) is 0 Å². The van der Waals surface area contributed by atoms with Crippen molar-refractivity contribution in [3.8, 4) is 6.07 Å². The van der Waals surface area contributed by atoms with Crippen molar-refractivity contribution in [3.63, 3.8) is 0 Å². The molecule has 37 heavy (non-hydrogen) atoms. The molecule has 0 unspecified atom stereocenters. The molecule has 0 aliphatic rings. The minimum Gasteiger partial charge on any atom is -0.258 e. The molecular formula is C31H52N2O2S2. The summed E-state index contributed by atoms with van der Waals surface area (Å²) in [6.45, 7) is 4.51. The average Bonchev–Trinajstić information content (AvgIpc) is 2.90. The van der Waals surface area contributed by atoms with Crippen LogP contribution in [-0.2, 0) is 0 Å². The monoisotopic (exact) mass is 548 g/mol. The number of nitro benzene ring substituents is 1. The van der Waals surface area contributed by atoms with Gasteiger partial charge in [-0.1, -0.05) is 129 Å². The fraction of sp³-hybridized carbons (Fsp3) is 0.774. The first-order chi connectivity index (χ1) is 18.1. The number of nitriles is 1. The molecule has 0 spiro atoms. The fourth-order valence-electron chi connectivity index (χ4n) is 4.56. The summed E-state index contributed by atoms with van der Waals surface area (Å²) in [4.78, 5) is 12.9. The van der Waals surface area contributed by atoms with Gasteiger partial charge in [0.05, 0.1) is 15.4 Å². The van der Waals surface area contributed by atoms with Gasteiger partial charge in [-0.05, 0) is 30.4 Å². The van der Waals surface area contributed by atoms with Gasteiger partial charge in [-0.2, -0.15) is 5.26 Å². The molecule has 0 amide bonds. The van der Waals surface area contributed by atoms with Crippen LogP contribution in [-0.4, -0.2) is 16.4 Å². The standard InChI is InChI=1S/C31H52N2O2S2/c1-3-5-7-9-11-13-15-17-19-21-23-36-30-26-31(29(33(34)35)25-28(30)27-32)37-24-22-20-18-16-14-12-10-8-6-4-2/h25-26H,3-24H2,1-2H3. The van der Waals surface area contributed by atoms with Crippen molar-refractivity contribution in [1.29, 1.82) is 5.26 Å². The third kappa shape index (κ3) is 17.1. The molecule has 0 saturated heterocycles. The van der Waals surface area contributed by atoms with Gasteiger partial charge < -0.3 is 0 Å². The lowest BCUT2D eigenvalue weighted by Crippen LogP contribution is -1.95. The Morgan fingerprint density at radius 3 is 1.41 bits per heavy atom. The summed E-state index contributed by atoms with van der Waals surface area (Å²) in [5, 5.41) is 21.2. The minimum atomic E-state index is -0.335. The summed E-state index contributed by atoms with van der Waals surface area (Å²) in [5.41, 5.74) is 0.518. The predicted molar refractivity (Wildman–Crippen MR) is 163 cm³/mol. The number of rotatable bonds is 25. The fourth-order valence-corrected chi connectivity index (χ4v) is 6.71. The summed E-state index contributed by atoms with van der Waals surface area (Å²) >= 11 is 3.27. The van der Waals surface area contributed by atoms with E-state index in [1.165, 1.54) is 122 Å². The van der Waals surface area contributed by atoms with Crippen molar-refractivity contribution in [3.05, 3.63) is 27.8 Å². The Morgan fingerprint density at radius 1 is 0.649 bits per heavy atom. The lowest BCUT2D eigenvalue weighted by molar-refractivity contribution is -0.387. The maximum absolute atomic E-state index is 11.6. The number of hydrogen-bond donors (Lipinski definition) is 0. The quantitative estimate of drug-likeness (QED) is 0.0526. The third-order valence-electron chi connectivity index (χ3n) is 6.89. The van der Waals surface area contributed by atoms with E-state index in [0.717, 1.165) is 29.2 Å². The van der Waals surface area contributed by atoms with E-state index in [9.17, 15) is 15.4 Å². The van der Waals surface area contributed by atoms with Gasteiger partial charge in [0.1, 0.15) is 6.07 Å². The van der Waals surface area contributed by atoms with Crippen molar-refractivity contribution >= 4 is 29.2 Å². The maximum atomic E-state index is 11.6. The molecule has 1 rings (SSSR count). The van der Waals surface area contributed by atoms with Crippen LogP contribution in [0.3, 0.4) is 0 Å². The second kappa shape index (κ2) is 23.9. The van der Waals surface area contributed by atoms with Gasteiger partial charge in [0.15, 0.2) is 0 Å². The lowest BCUT2D eigenvalue weighted by atomic mass is 10.1. The molecule has 4 nitrogen and oxygen atoms in total. The Hall–Kier alpha value is -1.19. The van der Waals surface area contributed by atoms with Gasteiger partial charge in [0, 0.05) is 11.0 Å². The number of thioether (sulfide) groups is 2. The van der Waals surface area contributed by atoms with Gasteiger partial charge in [-0.15, -0.1) is 23.5 Å². The Morgan fingerprint density at radius 2 is 1.03 bits per heavy atom. The zero-order chi connectivity index (χ0) is 27.0. The highest BCUT2D eigenvalue weighted by atomic mass is 32.2. The van der Waals surface area contributed by atoms with E-state index in [-0.39, 0.29) is 10.6 Å². The Kier molecular flexibility index (Phi) is 21.9. The molecule has 210 valence electrons. The first-order valence-corrected chi connectivity index (χ1v) is 17.1. The molecule has 0 aromatic heterocycles. The van der Waals surface area contributed by atoms with Crippen LogP contribution in [0.15, 0.2) is 21.9 Å². The number of hydrogen-bond acceptors (Lipinski definition) is 5. The normalized spacial score (nSPS) is 11.1. The highest BCUT2D eigenvalue weighted by Gasteiger charge is 2.19. The Bertz CT molecular complexity index is 764. The second-order valence-corrected chi connectivity index (χ2v) is 12.5. The molecule has 0 heterocycles. The number of nitro groups is 1. The van der Waals surface area contributed by atoms with E-state index >= 15 is 0 Å². The van der Waals surface area contributed by atoms with Gasteiger partial charge >= 0.3 is 0 Å². The summed E-state index contributed by atoms with van der Waals surface area (Å²) in [5.74, 6) is 1.86. The smallest absolute Gasteiger partial charge is 0.258 e. The maximum Gasteiger partial charge on any atom is 0.284 e. The molecular weight excluding hydrogens is 496 g/mol. The largest absolute Gasteiger partial charge is 0.284 e. The zero-order valence-corrected chi connectivity index (χ0v) is 25.4. The molecule has 0 radical (unpaired) electrons. The Balaban J connectivity index is 2.35. The zero-order valence-electron chi connectivity index (χ0n) is 23.7. The first-order valence-electron chi connectivity index (χ1n) is 15.1. The van der Waals surface area contributed by atoms with E-state index in [0.29, 0.717) is 10.5 Å². The van der Waals surface area contributed by atoms with E-state index in [2.05, 4.69) is 19.9 Å². The second-order valence-electron chi connectivity index (χ2n) is 10.2. The molecule has 0 N–H and O–H groups in total. The molecule has 0 fully saturated rings. The number of unbranched alkanes of at least 4 members (excludes halogenated alkanes) is 18. The molecule has 1 aromatic rings. The first kappa shape index (κ1) is 33.8. The van der Waals surface area contributed by atoms with Crippen LogP contribution in [0.25, 0.3) is 0 Å². The van der Waals surface area contributed by atoms with Crippen molar-refractivity contribution in [2.45, 2.75) is 152 Å². The van der Waals surface area contributed by atoms with Gasteiger partial charge in [-0.25, -0.2) is 0 Å². The molecule has 1 aromatic carbocycles. The molecule has 0 bridgehead atoms. The van der Waals surface area contributed by atoms with E-state index in [1.54, 1.807) is 23.5 Å². The van der Waals surface area contributed by atoms with Crippen LogP contribution in [0.4, 0.5) is 5.69 Å². The van der Waals surface area contributed by atoms with Crippen LogP contribution in [0, 0.1) is 21.4 Å². The molecule has 6 heteroatoms. The van der Waals surface area contributed by atoms with Crippen LogP contribution in [0.2, 0.25) is 0 Å². The van der Waals surface area contributed by atoms with Gasteiger partial charge in [-0.3, -0.25) is 10.1 Å². The van der Waals surface area contributed by atoms with E-state index in [1.807, 2.05) is 6.07 Å². The lowest BCUT2D eigenvalue weighted by Gasteiger charge is -2.09. The highest BCUT2D eigenvalue weighted by Crippen LogP contribution is 2.36. The topological polar surface area (TPSA) is 66.9 Å². The molecule has 0 aliphatic heterocycles. The van der Waals surface area contributed by atoms with Crippen molar-refractivity contribution < 1.29 is 4.92 Å². The summed E-state index contributed by atoms with van der Waals surface area (Å²) in [6, 6.07) is 5.57. The van der Waals surface area contributed by atoms with Crippen LogP contribution in [0.1, 0.15) is 148 Å². The summed E-state index contributed by atoms with van der Waals surface area (Å²) in [6.07, 6.45) is 26.0. The predicted octanol–water partition coefficient (Wildman–Crippen LogP) is 11.5. The SMILES string of the molecule is CCCCCCCCCCCCSc1cc(SCCCCCCCCCCCC)c([N+](=O)[O-])cc1C#N.